The van der Waals surface area contributed by atoms with Crippen molar-refractivity contribution in [2.45, 2.75) is 12.4 Å². The summed E-state index contributed by atoms with van der Waals surface area (Å²) in [4.78, 5) is 31.5. The number of halogens is 4. The van der Waals surface area contributed by atoms with Crippen molar-refractivity contribution in [3.8, 4) is 17.2 Å². The lowest BCUT2D eigenvalue weighted by atomic mass is 9.95. The number of aromatic nitrogens is 1. The molecule has 0 spiro atoms. The molecule has 4 rings (SSSR count). The highest BCUT2D eigenvalue weighted by atomic mass is 35.5. The molecular formula is C25H18ClF3N2O6. The van der Waals surface area contributed by atoms with E-state index in [9.17, 15) is 27.9 Å². The standard InChI is InChI=1S/C25H18ClF3N2O6/c1-35-18-12-19(36-2)17(26)11-16(18)22(32)20-21(13-7-9-30-10-8-13)31(24(34)23(20)33)14-3-5-15(6-4-14)37-25(27,28)29/h3-12,21,32H,1-2H3/b22-20+. The van der Waals surface area contributed by atoms with Crippen LogP contribution in [0.25, 0.3) is 5.76 Å². The van der Waals surface area contributed by atoms with Gasteiger partial charge in [-0.2, -0.15) is 0 Å². The van der Waals surface area contributed by atoms with Crippen LogP contribution in [-0.4, -0.2) is 42.4 Å². The number of Topliss-reactive ketones (excluding diaryl/α,β-unsaturated/α-hetero) is 1. The number of ketones is 1. The van der Waals surface area contributed by atoms with Crippen LogP contribution in [0.5, 0.6) is 17.2 Å². The Morgan fingerprint density at radius 2 is 1.62 bits per heavy atom. The minimum atomic E-state index is -4.90. The molecule has 1 aliphatic heterocycles. The number of pyridine rings is 1. The van der Waals surface area contributed by atoms with Gasteiger partial charge in [-0.1, -0.05) is 11.6 Å². The molecule has 1 fully saturated rings. The second kappa shape index (κ2) is 10.0. The van der Waals surface area contributed by atoms with Gasteiger partial charge in [-0.05, 0) is 48.0 Å². The first kappa shape index (κ1) is 25.8. The zero-order valence-electron chi connectivity index (χ0n) is 19.2. The van der Waals surface area contributed by atoms with Gasteiger partial charge < -0.3 is 19.3 Å². The molecule has 1 amide bonds. The van der Waals surface area contributed by atoms with Crippen molar-refractivity contribution in [3.05, 3.63) is 82.6 Å². The normalized spacial score (nSPS) is 17.1. The van der Waals surface area contributed by atoms with Crippen LogP contribution >= 0.6 is 11.6 Å². The highest BCUT2D eigenvalue weighted by molar-refractivity contribution is 6.51. The van der Waals surface area contributed by atoms with Gasteiger partial charge in [0.2, 0.25) is 0 Å². The molecule has 1 N–H and O–H groups in total. The number of nitrogens with zero attached hydrogens (tertiary/aromatic N) is 2. The third kappa shape index (κ3) is 5.03. The Hall–Kier alpha value is -4.25. The number of hydrogen-bond acceptors (Lipinski definition) is 7. The van der Waals surface area contributed by atoms with Crippen LogP contribution in [0.2, 0.25) is 5.02 Å². The van der Waals surface area contributed by atoms with Crippen molar-refractivity contribution >= 4 is 34.7 Å². The predicted molar refractivity (Wildman–Crippen MR) is 127 cm³/mol. The fraction of sp³-hybridized carbons (Fsp3) is 0.160. The first-order chi connectivity index (χ1) is 17.6. The minimum absolute atomic E-state index is 0.0271. The first-order valence-electron chi connectivity index (χ1n) is 10.5. The Morgan fingerprint density at radius 1 is 1.00 bits per heavy atom. The molecule has 12 heteroatoms. The fourth-order valence-electron chi connectivity index (χ4n) is 3.96. The number of carbonyl (C=O) groups is 2. The van der Waals surface area contributed by atoms with Gasteiger partial charge in [-0.3, -0.25) is 19.5 Å². The lowest BCUT2D eigenvalue weighted by molar-refractivity contribution is -0.274. The maximum absolute atomic E-state index is 13.3. The Kier molecular flexibility index (Phi) is 6.99. The van der Waals surface area contributed by atoms with Gasteiger partial charge in [0.05, 0.1) is 36.4 Å². The molecule has 192 valence electrons. The predicted octanol–water partition coefficient (Wildman–Crippen LogP) is 5.28. The summed E-state index contributed by atoms with van der Waals surface area (Å²) < 4.78 is 52.1. The third-order valence-electron chi connectivity index (χ3n) is 5.54. The molecule has 0 saturated carbocycles. The van der Waals surface area contributed by atoms with E-state index in [4.69, 9.17) is 21.1 Å². The number of aliphatic hydroxyl groups is 1. The van der Waals surface area contributed by atoms with E-state index in [1.165, 1.54) is 63.0 Å². The number of hydrogen-bond donors (Lipinski definition) is 1. The summed E-state index contributed by atoms with van der Waals surface area (Å²) >= 11 is 6.24. The van der Waals surface area contributed by atoms with Gasteiger partial charge in [0, 0.05) is 24.1 Å². The minimum Gasteiger partial charge on any atom is -0.507 e. The Morgan fingerprint density at radius 3 is 2.19 bits per heavy atom. The second-order valence-corrected chi connectivity index (χ2v) is 8.09. The van der Waals surface area contributed by atoms with Crippen molar-refractivity contribution in [2.75, 3.05) is 19.1 Å². The third-order valence-corrected chi connectivity index (χ3v) is 5.84. The van der Waals surface area contributed by atoms with Crippen LogP contribution < -0.4 is 19.1 Å². The topological polar surface area (TPSA) is 98.2 Å². The van der Waals surface area contributed by atoms with E-state index in [1.807, 2.05) is 0 Å². The van der Waals surface area contributed by atoms with Crippen LogP contribution in [0.4, 0.5) is 18.9 Å². The summed E-state index contributed by atoms with van der Waals surface area (Å²) in [6, 6.07) is 9.09. The number of ether oxygens (including phenoxy) is 3. The maximum atomic E-state index is 13.3. The summed E-state index contributed by atoms with van der Waals surface area (Å²) in [5.41, 5.74) is 0.243. The zero-order chi connectivity index (χ0) is 26.9. The number of anilines is 1. The van der Waals surface area contributed by atoms with Gasteiger partial charge in [-0.15, -0.1) is 13.2 Å². The fourth-order valence-corrected chi connectivity index (χ4v) is 4.20. The number of aliphatic hydroxyl groups excluding tert-OH is 1. The SMILES string of the molecule is COc1cc(OC)c(/C(O)=C2\C(=O)C(=O)N(c3ccc(OC(F)(F)F)cc3)C2c2ccncc2)cc1Cl. The summed E-state index contributed by atoms with van der Waals surface area (Å²) in [6.07, 6.45) is -2.04. The van der Waals surface area contributed by atoms with Crippen LogP contribution in [0.1, 0.15) is 17.2 Å². The summed E-state index contributed by atoms with van der Waals surface area (Å²) in [7, 11) is 2.73. The molecule has 2 heterocycles. The molecule has 1 aliphatic rings. The lowest BCUT2D eigenvalue weighted by Crippen LogP contribution is -2.29. The van der Waals surface area contributed by atoms with E-state index in [2.05, 4.69) is 9.72 Å². The molecule has 1 unspecified atom stereocenters. The highest BCUT2D eigenvalue weighted by Gasteiger charge is 2.47. The molecule has 0 bridgehead atoms. The van der Waals surface area contributed by atoms with Gasteiger partial charge in [0.1, 0.15) is 23.0 Å². The number of amides is 1. The van der Waals surface area contributed by atoms with Crippen LogP contribution in [0.15, 0.2) is 66.5 Å². The van der Waals surface area contributed by atoms with Crippen molar-refractivity contribution in [1.82, 2.24) is 4.98 Å². The molecule has 1 aromatic heterocycles. The van der Waals surface area contributed by atoms with Gasteiger partial charge in [-0.25, -0.2) is 0 Å². The van der Waals surface area contributed by atoms with E-state index < -0.39 is 35.6 Å². The number of methoxy groups -OCH3 is 2. The Balaban J connectivity index is 1.89. The molecule has 1 saturated heterocycles. The van der Waals surface area contributed by atoms with Gasteiger partial charge in [0.15, 0.2) is 0 Å². The summed E-state index contributed by atoms with van der Waals surface area (Å²) in [6.45, 7) is 0. The molecule has 0 radical (unpaired) electrons. The van der Waals surface area contributed by atoms with Crippen LogP contribution in [0.3, 0.4) is 0 Å². The monoisotopic (exact) mass is 534 g/mol. The summed E-state index contributed by atoms with van der Waals surface area (Å²) in [5, 5.41) is 11.4. The van der Waals surface area contributed by atoms with E-state index in [-0.39, 0.29) is 33.3 Å². The van der Waals surface area contributed by atoms with E-state index >= 15 is 0 Å². The first-order valence-corrected chi connectivity index (χ1v) is 10.9. The van der Waals surface area contributed by atoms with Crippen molar-refractivity contribution in [1.29, 1.82) is 0 Å². The average Bonchev–Trinajstić information content (AvgIpc) is 3.13. The number of benzene rings is 2. The average molecular weight is 535 g/mol. The van der Waals surface area contributed by atoms with Crippen LogP contribution in [0, 0.1) is 0 Å². The zero-order valence-corrected chi connectivity index (χ0v) is 20.0. The maximum Gasteiger partial charge on any atom is 0.573 e. The number of alkyl halides is 3. The number of carbonyl (C=O) groups excluding carboxylic acids is 2. The largest absolute Gasteiger partial charge is 0.573 e. The quantitative estimate of drug-likeness (QED) is 0.261. The van der Waals surface area contributed by atoms with Crippen molar-refractivity contribution in [3.63, 3.8) is 0 Å². The Bertz CT molecular complexity index is 1380. The highest BCUT2D eigenvalue weighted by Crippen LogP contribution is 2.45. The van der Waals surface area contributed by atoms with Gasteiger partial charge >= 0.3 is 6.36 Å². The molecule has 8 nitrogen and oxygen atoms in total. The second-order valence-electron chi connectivity index (χ2n) is 7.68. The number of rotatable bonds is 6. The van der Waals surface area contributed by atoms with Crippen molar-refractivity contribution < 1.29 is 42.1 Å². The molecular weight excluding hydrogens is 517 g/mol. The molecule has 3 aromatic rings. The Labute approximate surface area is 213 Å². The van der Waals surface area contributed by atoms with Crippen LogP contribution in [-0.2, 0) is 9.59 Å². The van der Waals surface area contributed by atoms with E-state index in [0.29, 0.717) is 5.56 Å². The molecule has 37 heavy (non-hydrogen) atoms. The molecule has 1 atom stereocenters. The molecule has 0 aliphatic carbocycles. The van der Waals surface area contributed by atoms with E-state index in [1.54, 1.807) is 0 Å². The summed E-state index contributed by atoms with van der Waals surface area (Å²) in [5.74, 6) is -2.74. The van der Waals surface area contributed by atoms with E-state index in [0.717, 1.165) is 17.0 Å². The van der Waals surface area contributed by atoms with Crippen molar-refractivity contribution in [2.24, 2.45) is 0 Å². The van der Waals surface area contributed by atoms with Gasteiger partial charge in [0.25, 0.3) is 11.7 Å². The molecule has 2 aromatic carbocycles. The lowest BCUT2D eigenvalue weighted by Gasteiger charge is -2.25. The smallest absolute Gasteiger partial charge is 0.507 e.